The number of nitrogens with one attached hydrogen (secondary N) is 2. The van der Waals surface area contributed by atoms with Crippen LogP contribution in [0.1, 0.15) is 40.1 Å². The first-order valence-corrected chi connectivity index (χ1v) is 8.89. The van der Waals surface area contributed by atoms with Crippen molar-refractivity contribution in [3.8, 4) is 0 Å². The summed E-state index contributed by atoms with van der Waals surface area (Å²) in [4.78, 5) is 61.1. The third kappa shape index (κ3) is 3.45. The van der Waals surface area contributed by atoms with Gasteiger partial charge in [0, 0.05) is 17.7 Å². The van der Waals surface area contributed by atoms with E-state index in [4.69, 9.17) is 0 Å². The van der Waals surface area contributed by atoms with Gasteiger partial charge in [0.15, 0.2) is 0 Å². The Kier molecular flexibility index (Phi) is 5.03. The second kappa shape index (κ2) is 7.24. The topological polar surface area (TPSA) is 122 Å². The van der Waals surface area contributed by atoms with Crippen molar-refractivity contribution in [1.82, 2.24) is 10.2 Å². The Morgan fingerprint density at radius 1 is 1.12 bits per heavy atom. The predicted molar refractivity (Wildman–Crippen MR) is 90.8 cm³/mol. The highest BCUT2D eigenvalue weighted by atomic mass is 32.1. The summed E-state index contributed by atoms with van der Waals surface area (Å²) in [5.74, 6) is -1.99. The zero-order valence-electron chi connectivity index (χ0n) is 14.0. The number of ether oxygens (including phenoxy) is 1. The molecule has 1 saturated heterocycles. The van der Waals surface area contributed by atoms with Gasteiger partial charge in [0.25, 0.3) is 5.91 Å². The minimum atomic E-state index is -0.890. The largest absolute Gasteiger partial charge is 0.453 e. The zero-order chi connectivity index (χ0) is 18.8. The molecule has 1 aromatic heterocycles. The van der Waals surface area contributed by atoms with Gasteiger partial charge in [0.2, 0.25) is 17.7 Å². The molecule has 0 spiro atoms. The number of likely N-dealkylation sites (tertiary alicyclic amines) is 1. The molecule has 2 aliphatic rings. The third-order valence-electron chi connectivity index (χ3n) is 4.26. The monoisotopic (exact) mass is 379 g/mol. The molecule has 0 atom stereocenters. The van der Waals surface area contributed by atoms with Crippen LogP contribution >= 0.6 is 11.3 Å². The van der Waals surface area contributed by atoms with Crippen LogP contribution < -0.4 is 10.6 Å². The van der Waals surface area contributed by atoms with Crippen LogP contribution in [0.25, 0.3) is 0 Å². The highest BCUT2D eigenvalue weighted by Gasteiger charge is 2.32. The van der Waals surface area contributed by atoms with Gasteiger partial charge in [-0.25, -0.2) is 4.79 Å². The molecule has 9 nitrogen and oxygen atoms in total. The van der Waals surface area contributed by atoms with E-state index in [0.717, 1.165) is 35.3 Å². The fourth-order valence-corrected chi connectivity index (χ4v) is 4.35. The van der Waals surface area contributed by atoms with Crippen LogP contribution in [0.2, 0.25) is 0 Å². The molecular formula is C16H17N3O6S. The Bertz CT molecular complexity index is 799. The van der Waals surface area contributed by atoms with Gasteiger partial charge in [-0.05, 0) is 24.8 Å². The van der Waals surface area contributed by atoms with Crippen molar-refractivity contribution in [3.05, 3.63) is 16.0 Å². The number of aryl methyl sites for hydroxylation is 1. The average Bonchev–Trinajstić information content (AvgIpc) is 3.25. The number of thiophene rings is 1. The Balaban J connectivity index is 1.78. The summed E-state index contributed by atoms with van der Waals surface area (Å²) >= 11 is 1.27. The molecule has 3 rings (SSSR count). The number of fused-ring (bicyclic) bond motifs is 1. The van der Waals surface area contributed by atoms with E-state index in [1.807, 2.05) is 0 Å². The molecule has 0 radical (unpaired) electrons. The molecule has 1 aliphatic heterocycles. The number of hydrogen-bond acceptors (Lipinski definition) is 7. The van der Waals surface area contributed by atoms with Crippen molar-refractivity contribution in [2.45, 2.75) is 32.1 Å². The third-order valence-corrected chi connectivity index (χ3v) is 5.47. The maximum Gasteiger partial charge on any atom is 0.413 e. The summed E-state index contributed by atoms with van der Waals surface area (Å²) in [5, 5.41) is 5.01. The van der Waals surface area contributed by atoms with Gasteiger partial charge in [-0.15, -0.1) is 11.3 Å². The number of methoxy groups -OCH3 is 1. The summed E-state index contributed by atoms with van der Waals surface area (Å²) in [7, 11) is 1.15. The first-order valence-electron chi connectivity index (χ1n) is 8.07. The van der Waals surface area contributed by atoms with Crippen molar-refractivity contribution in [2.75, 3.05) is 19.0 Å². The maximum absolute atomic E-state index is 12.4. The fraction of sp³-hybridized carbons (Fsp3) is 0.438. The van der Waals surface area contributed by atoms with Crippen LogP contribution in [0.5, 0.6) is 0 Å². The van der Waals surface area contributed by atoms with Crippen LogP contribution in [-0.2, 0) is 32.0 Å². The van der Waals surface area contributed by atoms with E-state index >= 15 is 0 Å². The Labute approximate surface area is 152 Å². The lowest BCUT2D eigenvalue weighted by molar-refractivity contribution is -0.141. The molecule has 2 heterocycles. The quantitative estimate of drug-likeness (QED) is 0.747. The summed E-state index contributed by atoms with van der Waals surface area (Å²) in [6.45, 7) is -0.391. The van der Waals surface area contributed by atoms with Crippen molar-refractivity contribution in [3.63, 3.8) is 0 Å². The molecule has 0 saturated carbocycles. The van der Waals surface area contributed by atoms with Crippen LogP contribution in [0.15, 0.2) is 0 Å². The predicted octanol–water partition coefficient (Wildman–Crippen LogP) is 0.820. The van der Waals surface area contributed by atoms with Crippen LogP contribution in [-0.4, -0.2) is 48.3 Å². The fourth-order valence-electron chi connectivity index (χ4n) is 3.05. The van der Waals surface area contributed by atoms with Crippen molar-refractivity contribution >= 4 is 46.1 Å². The molecular weight excluding hydrogens is 362 g/mol. The second-order valence-corrected chi connectivity index (χ2v) is 7.03. The van der Waals surface area contributed by atoms with E-state index in [2.05, 4.69) is 15.4 Å². The highest BCUT2D eigenvalue weighted by molar-refractivity contribution is 7.17. The van der Waals surface area contributed by atoms with E-state index < -0.39 is 24.5 Å². The van der Waals surface area contributed by atoms with Gasteiger partial charge in [-0.2, -0.15) is 0 Å². The molecule has 0 bridgehead atoms. The zero-order valence-corrected chi connectivity index (χ0v) is 14.9. The summed E-state index contributed by atoms with van der Waals surface area (Å²) in [6.07, 6.45) is 1.67. The van der Waals surface area contributed by atoms with E-state index in [1.54, 1.807) is 0 Å². The minimum Gasteiger partial charge on any atom is -0.453 e. The molecule has 1 fully saturated rings. The van der Waals surface area contributed by atoms with E-state index in [-0.39, 0.29) is 30.2 Å². The van der Waals surface area contributed by atoms with Crippen molar-refractivity contribution in [2.24, 2.45) is 0 Å². The molecule has 138 valence electrons. The molecule has 10 heteroatoms. The second-order valence-electron chi connectivity index (χ2n) is 5.93. The molecule has 26 heavy (non-hydrogen) atoms. The lowest BCUT2D eigenvalue weighted by atomic mass is 10.1. The van der Waals surface area contributed by atoms with Gasteiger partial charge in [0.1, 0.15) is 11.5 Å². The number of nitrogens with zero attached hydrogens (tertiary/aromatic N) is 1. The van der Waals surface area contributed by atoms with E-state index in [9.17, 15) is 24.0 Å². The number of hydrogen-bond donors (Lipinski definition) is 2. The first-order chi connectivity index (χ1) is 12.4. The van der Waals surface area contributed by atoms with Crippen LogP contribution in [0.3, 0.4) is 0 Å². The lowest BCUT2D eigenvalue weighted by Crippen LogP contribution is -2.37. The maximum atomic E-state index is 12.4. The molecule has 2 N–H and O–H groups in total. The van der Waals surface area contributed by atoms with E-state index in [0.29, 0.717) is 11.4 Å². The Morgan fingerprint density at radius 2 is 1.81 bits per heavy atom. The smallest absolute Gasteiger partial charge is 0.413 e. The molecule has 1 aromatic rings. The van der Waals surface area contributed by atoms with Crippen LogP contribution in [0.4, 0.5) is 9.80 Å². The summed E-state index contributed by atoms with van der Waals surface area (Å²) in [6, 6.07) is 0. The van der Waals surface area contributed by atoms with Crippen molar-refractivity contribution in [1.29, 1.82) is 0 Å². The Morgan fingerprint density at radius 3 is 2.46 bits per heavy atom. The number of carbonyl (C=O) groups excluding carboxylic acids is 5. The molecule has 5 amide bonds. The molecule has 0 aromatic carbocycles. The highest BCUT2D eigenvalue weighted by Crippen LogP contribution is 2.39. The van der Waals surface area contributed by atoms with Gasteiger partial charge < -0.3 is 10.1 Å². The molecule has 0 unspecified atom stereocenters. The average molecular weight is 379 g/mol. The standard InChI is InChI=1S/C16H17N3O6S/c1-25-16(24)18-14(23)13-8-3-2-4-9(8)26-15(13)17-10(20)7-19-11(21)5-6-12(19)22/h2-7H2,1H3,(H,17,20)(H,18,23,24). The van der Waals surface area contributed by atoms with Gasteiger partial charge >= 0.3 is 6.09 Å². The summed E-state index contributed by atoms with van der Waals surface area (Å²) < 4.78 is 4.44. The van der Waals surface area contributed by atoms with Gasteiger partial charge in [0.05, 0.1) is 12.7 Å². The first kappa shape index (κ1) is 18.1. The normalized spacial score (nSPS) is 15.8. The van der Waals surface area contributed by atoms with Gasteiger partial charge in [-0.3, -0.25) is 29.4 Å². The minimum absolute atomic E-state index is 0.103. The lowest BCUT2D eigenvalue weighted by Gasteiger charge is -2.13. The molecule has 1 aliphatic carbocycles. The summed E-state index contributed by atoms with van der Waals surface area (Å²) in [5.41, 5.74) is 1.04. The van der Waals surface area contributed by atoms with Gasteiger partial charge in [-0.1, -0.05) is 0 Å². The number of carbonyl (C=O) groups is 5. The number of rotatable bonds is 4. The Hall–Kier alpha value is -2.75. The number of amides is 5. The number of alkyl carbamates (subject to hydrolysis) is 1. The SMILES string of the molecule is COC(=O)NC(=O)c1c(NC(=O)CN2C(=O)CCC2=O)sc2c1CCC2. The number of imide groups is 2. The van der Waals surface area contributed by atoms with E-state index in [1.165, 1.54) is 11.3 Å². The van der Waals surface area contributed by atoms with Crippen LogP contribution in [0, 0.1) is 0 Å². The van der Waals surface area contributed by atoms with Crippen molar-refractivity contribution < 1.29 is 28.7 Å². The number of anilines is 1.